The minimum absolute atomic E-state index is 0.585. The lowest BCUT2D eigenvalue weighted by molar-refractivity contribution is 0.551. The summed E-state index contributed by atoms with van der Waals surface area (Å²) in [5, 5.41) is 0. The molecule has 1 aliphatic rings. The largest absolute Gasteiger partial charge is 0.301 e. The van der Waals surface area contributed by atoms with Crippen molar-refractivity contribution in [1.29, 1.82) is 0 Å². The second kappa shape index (κ2) is 2.37. The van der Waals surface area contributed by atoms with Gasteiger partial charge in [-0.15, -0.1) is 0 Å². The first-order valence-corrected chi connectivity index (χ1v) is 4.01. The van der Waals surface area contributed by atoms with E-state index in [-0.39, 0.29) is 0 Å². The van der Waals surface area contributed by atoms with E-state index in [4.69, 9.17) is 0 Å². The molecule has 1 fully saturated rings. The predicted molar refractivity (Wildman–Crippen MR) is 45.5 cm³/mol. The molecule has 1 nitrogen and oxygen atoms in total. The van der Waals surface area contributed by atoms with Gasteiger partial charge in [0, 0.05) is 7.05 Å². The van der Waals surface area contributed by atoms with Crippen LogP contribution in [0.2, 0.25) is 0 Å². The van der Waals surface area contributed by atoms with E-state index in [0.717, 1.165) is 11.8 Å². The van der Waals surface area contributed by atoms with Crippen LogP contribution in [0.4, 0.5) is 0 Å². The highest BCUT2D eigenvalue weighted by Crippen LogP contribution is 2.59. The Hall–Kier alpha value is -0.330. The Balaban J connectivity index is 2.35. The molecule has 0 aliphatic heterocycles. The number of aliphatic imine (C=N–C) groups is 1. The maximum atomic E-state index is 3.99. The Morgan fingerprint density at radius 3 is 2.30 bits per heavy atom. The van der Waals surface area contributed by atoms with Crippen molar-refractivity contribution < 1.29 is 0 Å². The molecular formula is C9H17N. The maximum absolute atomic E-state index is 3.99. The molecule has 0 heterocycles. The maximum Gasteiger partial charge on any atom is 0.0273 e. The summed E-state index contributed by atoms with van der Waals surface area (Å²) < 4.78 is 0. The summed E-state index contributed by atoms with van der Waals surface area (Å²) in [6.45, 7) is 7.01. The average Bonchev–Trinajstić information content (AvgIpc) is 2.31. The Bertz CT molecular complexity index is 147. The molecule has 58 valence electrons. The molecule has 0 aromatic rings. The second-order valence-corrected chi connectivity index (χ2v) is 3.89. The Morgan fingerprint density at radius 2 is 2.00 bits per heavy atom. The normalized spacial score (nSPS) is 36.8. The molecule has 0 bridgehead atoms. The molecule has 0 radical (unpaired) electrons. The van der Waals surface area contributed by atoms with Crippen molar-refractivity contribution in [2.24, 2.45) is 22.2 Å². The number of nitrogens with zero attached hydrogens (tertiary/aromatic N) is 1. The summed E-state index contributed by atoms with van der Waals surface area (Å²) in [5.74, 6) is 1.78. The third kappa shape index (κ3) is 1.09. The Morgan fingerprint density at radius 1 is 1.50 bits per heavy atom. The first kappa shape index (κ1) is 7.77. The van der Waals surface area contributed by atoms with Gasteiger partial charge in [0.2, 0.25) is 0 Å². The van der Waals surface area contributed by atoms with E-state index in [9.17, 15) is 0 Å². The van der Waals surface area contributed by atoms with E-state index >= 15 is 0 Å². The molecule has 10 heavy (non-hydrogen) atoms. The first-order valence-electron chi connectivity index (χ1n) is 4.01. The monoisotopic (exact) mass is 139 g/mol. The van der Waals surface area contributed by atoms with Crippen molar-refractivity contribution in [3.63, 3.8) is 0 Å². The van der Waals surface area contributed by atoms with Gasteiger partial charge in [-0.2, -0.15) is 0 Å². The number of rotatable bonds is 2. The summed E-state index contributed by atoms with van der Waals surface area (Å²) in [5.41, 5.74) is 0.585. The van der Waals surface area contributed by atoms with Crippen LogP contribution in [-0.4, -0.2) is 13.3 Å². The standard InChI is InChI=1S/C9H17N/c1-7-8(5-6-10-4)9(7,2)3/h6-8H,5H2,1-4H3/t7?,8-/m0/s1. The fourth-order valence-electron chi connectivity index (χ4n) is 1.74. The molecule has 0 N–H and O–H groups in total. The van der Waals surface area contributed by atoms with Gasteiger partial charge in [-0.05, 0) is 29.9 Å². The minimum atomic E-state index is 0.585. The third-order valence-corrected chi connectivity index (χ3v) is 3.17. The first-order chi connectivity index (χ1) is 4.60. The lowest BCUT2D eigenvalue weighted by Gasteiger charge is -1.97. The fraction of sp³-hybridized carbons (Fsp3) is 0.889. The summed E-state index contributed by atoms with van der Waals surface area (Å²) >= 11 is 0. The van der Waals surface area contributed by atoms with Crippen LogP contribution < -0.4 is 0 Å². The van der Waals surface area contributed by atoms with Gasteiger partial charge in [0.05, 0.1) is 0 Å². The van der Waals surface area contributed by atoms with Crippen molar-refractivity contribution >= 4 is 6.21 Å². The SMILES string of the molecule is CN=CC[C@H]1C(C)C1(C)C. The van der Waals surface area contributed by atoms with Crippen LogP contribution >= 0.6 is 0 Å². The highest BCUT2D eigenvalue weighted by atomic mass is 14.7. The lowest BCUT2D eigenvalue weighted by Crippen LogP contribution is -1.90. The van der Waals surface area contributed by atoms with E-state index < -0.39 is 0 Å². The Kier molecular flexibility index (Phi) is 1.84. The van der Waals surface area contributed by atoms with Gasteiger partial charge in [-0.3, -0.25) is 0 Å². The van der Waals surface area contributed by atoms with Crippen LogP contribution in [-0.2, 0) is 0 Å². The highest BCUT2D eigenvalue weighted by molar-refractivity contribution is 5.58. The molecule has 0 spiro atoms. The minimum Gasteiger partial charge on any atom is -0.301 e. The lowest BCUT2D eigenvalue weighted by atomic mass is 10.1. The molecule has 0 aromatic carbocycles. The molecule has 2 atom stereocenters. The van der Waals surface area contributed by atoms with E-state index in [1.54, 1.807) is 0 Å². The molecule has 0 saturated heterocycles. The van der Waals surface area contributed by atoms with Crippen LogP contribution in [0.3, 0.4) is 0 Å². The number of hydrogen-bond acceptors (Lipinski definition) is 1. The summed E-state index contributed by atoms with van der Waals surface area (Å²) in [6, 6.07) is 0. The average molecular weight is 139 g/mol. The predicted octanol–water partition coefficient (Wildman–Crippen LogP) is 2.37. The fourth-order valence-corrected chi connectivity index (χ4v) is 1.74. The molecule has 1 saturated carbocycles. The number of hydrogen-bond donors (Lipinski definition) is 0. The molecule has 1 rings (SSSR count). The van der Waals surface area contributed by atoms with Crippen molar-refractivity contribution in [3.8, 4) is 0 Å². The zero-order chi connectivity index (χ0) is 7.78. The van der Waals surface area contributed by atoms with Gasteiger partial charge in [0.1, 0.15) is 0 Å². The summed E-state index contributed by atoms with van der Waals surface area (Å²) in [6.07, 6.45) is 3.21. The zero-order valence-electron chi connectivity index (χ0n) is 7.39. The zero-order valence-corrected chi connectivity index (χ0v) is 7.39. The van der Waals surface area contributed by atoms with E-state index in [1.165, 1.54) is 6.42 Å². The van der Waals surface area contributed by atoms with Gasteiger partial charge in [0.25, 0.3) is 0 Å². The van der Waals surface area contributed by atoms with Gasteiger partial charge < -0.3 is 4.99 Å². The quantitative estimate of drug-likeness (QED) is 0.521. The Labute approximate surface area is 63.5 Å². The van der Waals surface area contributed by atoms with Crippen LogP contribution in [0.5, 0.6) is 0 Å². The van der Waals surface area contributed by atoms with Gasteiger partial charge in [-0.1, -0.05) is 20.8 Å². The van der Waals surface area contributed by atoms with Crippen LogP contribution in [0.25, 0.3) is 0 Å². The summed E-state index contributed by atoms with van der Waals surface area (Å²) in [4.78, 5) is 3.99. The molecule has 1 aliphatic carbocycles. The van der Waals surface area contributed by atoms with Crippen LogP contribution in [0, 0.1) is 17.3 Å². The van der Waals surface area contributed by atoms with Crippen LogP contribution in [0.1, 0.15) is 27.2 Å². The van der Waals surface area contributed by atoms with Crippen molar-refractivity contribution in [2.75, 3.05) is 7.05 Å². The molecule has 1 heteroatoms. The van der Waals surface area contributed by atoms with Gasteiger partial charge in [0.15, 0.2) is 0 Å². The third-order valence-electron chi connectivity index (χ3n) is 3.17. The van der Waals surface area contributed by atoms with Crippen molar-refractivity contribution in [2.45, 2.75) is 27.2 Å². The van der Waals surface area contributed by atoms with Gasteiger partial charge >= 0.3 is 0 Å². The van der Waals surface area contributed by atoms with Crippen molar-refractivity contribution in [1.82, 2.24) is 0 Å². The highest BCUT2D eigenvalue weighted by Gasteiger charge is 2.53. The van der Waals surface area contributed by atoms with Crippen LogP contribution in [0.15, 0.2) is 4.99 Å². The molecule has 0 aromatic heterocycles. The van der Waals surface area contributed by atoms with E-state index in [2.05, 4.69) is 25.8 Å². The summed E-state index contributed by atoms with van der Waals surface area (Å²) in [7, 11) is 1.85. The smallest absolute Gasteiger partial charge is 0.0273 e. The van der Waals surface area contributed by atoms with E-state index in [1.807, 2.05) is 13.3 Å². The van der Waals surface area contributed by atoms with E-state index in [0.29, 0.717) is 5.41 Å². The topological polar surface area (TPSA) is 12.4 Å². The molecular weight excluding hydrogens is 122 g/mol. The van der Waals surface area contributed by atoms with Gasteiger partial charge in [-0.25, -0.2) is 0 Å². The second-order valence-electron chi connectivity index (χ2n) is 3.89. The molecule has 1 unspecified atom stereocenters. The van der Waals surface area contributed by atoms with Crippen molar-refractivity contribution in [3.05, 3.63) is 0 Å². The molecule has 0 amide bonds.